The maximum Gasteiger partial charge on any atom is 0.251 e. The minimum atomic E-state index is -0.533. The van der Waals surface area contributed by atoms with Gasteiger partial charge in [-0.15, -0.1) is 0 Å². The lowest BCUT2D eigenvalue weighted by Gasteiger charge is -2.08. The van der Waals surface area contributed by atoms with Gasteiger partial charge in [-0.25, -0.2) is 0 Å². The summed E-state index contributed by atoms with van der Waals surface area (Å²) in [5.74, 6) is -0.734. The molecule has 3 N–H and O–H groups in total. The lowest BCUT2D eigenvalue weighted by atomic mass is 10.1. The number of carbonyl (C=O) groups is 2. The number of nitrogens with one attached hydrogen (secondary N) is 1. The van der Waals surface area contributed by atoms with E-state index in [9.17, 15) is 9.59 Å². The van der Waals surface area contributed by atoms with Gasteiger partial charge >= 0.3 is 0 Å². The summed E-state index contributed by atoms with van der Waals surface area (Å²) in [7, 11) is 0. The van der Waals surface area contributed by atoms with Crippen LogP contribution in [0.15, 0.2) is 24.3 Å². The predicted molar refractivity (Wildman–Crippen MR) is 57.6 cm³/mol. The van der Waals surface area contributed by atoms with Gasteiger partial charge in [-0.2, -0.15) is 0 Å². The minimum absolute atomic E-state index is 0.0646. The number of benzene rings is 1. The molecule has 0 aliphatic carbocycles. The summed E-state index contributed by atoms with van der Waals surface area (Å²) in [6.45, 7) is 3.74. The third kappa shape index (κ3) is 3.09. The van der Waals surface area contributed by atoms with Crippen LogP contribution in [0.3, 0.4) is 0 Å². The summed E-state index contributed by atoms with van der Waals surface area (Å²) >= 11 is 0. The molecule has 15 heavy (non-hydrogen) atoms. The Morgan fingerprint density at radius 1 is 1.27 bits per heavy atom. The van der Waals surface area contributed by atoms with E-state index in [0.29, 0.717) is 11.1 Å². The topological polar surface area (TPSA) is 72.2 Å². The van der Waals surface area contributed by atoms with Gasteiger partial charge in [-0.05, 0) is 32.0 Å². The predicted octanol–water partition coefficient (Wildman–Crippen LogP) is 0.924. The number of primary amides is 1. The van der Waals surface area contributed by atoms with Crippen LogP contribution >= 0.6 is 0 Å². The molecule has 1 aromatic carbocycles. The van der Waals surface area contributed by atoms with E-state index in [0.717, 1.165) is 0 Å². The Morgan fingerprint density at radius 2 is 1.87 bits per heavy atom. The molecule has 4 nitrogen and oxygen atoms in total. The Bertz CT molecular complexity index is 386. The highest BCUT2D eigenvalue weighted by Gasteiger charge is 2.08. The van der Waals surface area contributed by atoms with Gasteiger partial charge in [-0.3, -0.25) is 9.59 Å². The maximum absolute atomic E-state index is 11.6. The second-order valence-electron chi connectivity index (χ2n) is 3.57. The van der Waals surface area contributed by atoms with Crippen molar-refractivity contribution in [3.05, 3.63) is 35.4 Å². The molecule has 0 bridgehead atoms. The van der Waals surface area contributed by atoms with Crippen LogP contribution in [-0.2, 0) is 0 Å². The molecule has 1 aromatic rings. The van der Waals surface area contributed by atoms with Crippen molar-refractivity contribution in [1.29, 1.82) is 0 Å². The van der Waals surface area contributed by atoms with E-state index in [-0.39, 0.29) is 11.9 Å². The van der Waals surface area contributed by atoms with Crippen molar-refractivity contribution >= 4 is 11.8 Å². The molecule has 1 rings (SSSR count). The third-order valence-corrected chi connectivity index (χ3v) is 1.83. The fourth-order valence-electron chi connectivity index (χ4n) is 1.16. The van der Waals surface area contributed by atoms with Crippen LogP contribution in [0.25, 0.3) is 0 Å². The lowest BCUT2D eigenvalue weighted by molar-refractivity contribution is 0.0943. The molecule has 4 heteroatoms. The summed E-state index contributed by atoms with van der Waals surface area (Å²) in [6, 6.07) is 6.41. The number of carbonyl (C=O) groups excluding carboxylic acids is 2. The van der Waals surface area contributed by atoms with Crippen molar-refractivity contribution < 1.29 is 9.59 Å². The van der Waals surface area contributed by atoms with Crippen LogP contribution in [-0.4, -0.2) is 17.9 Å². The first-order valence-corrected chi connectivity index (χ1v) is 4.71. The first kappa shape index (κ1) is 11.2. The zero-order valence-electron chi connectivity index (χ0n) is 8.78. The van der Waals surface area contributed by atoms with E-state index in [1.165, 1.54) is 6.07 Å². The van der Waals surface area contributed by atoms with Gasteiger partial charge in [0, 0.05) is 17.2 Å². The summed E-state index contributed by atoms with van der Waals surface area (Å²) in [5, 5.41) is 2.73. The Hall–Kier alpha value is -1.84. The molecule has 2 amide bonds. The zero-order chi connectivity index (χ0) is 11.4. The van der Waals surface area contributed by atoms with E-state index >= 15 is 0 Å². The molecular weight excluding hydrogens is 192 g/mol. The van der Waals surface area contributed by atoms with Crippen LogP contribution in [0.1, 0.15) is 34.6 Å². The van der Waals surface area contributed by atoms with Crippen LogP contribution in [0.2, 0.25) is 0 Å². The Kier molecular flexibility index (Phi) is 3.44. The molecule has 0 saturated carbocycles. The number of amides is 2. The molecule has 0 fully saturated rings. The number of hydrogen-bond donors (Lipinski definition) is 2. The number of rotatable bonds is 3. The first-order chi connectivity index (χ1) is 7.00. The molecule has 0 unspecified atom stereocenters. The fraction of sp³-hybridized carbons (Fsp3) is 0.273. The Morgan fingerprint density at radius 3 is 2.40 bits per heavy atom. The fourth-order valence-corrected chi connectivity index (χ4v) is 1.16. The van der Waals surface area contributed by atoms with Gasteiger partial charge < -0.3 is 11.1 Å². The van der Waals surface area contributed by atoms with Gasteiger partial charge in [0.25, 0.3) is 5.91 Å². The van der Waals surface area contributed by atoms with E-state index in [2.05, 4.69) is 5.32 Å². The number of nitrogens with two attached hydrogens (primary N) is 1. The van der Waals surface area contributed by atoms with Gasteiger partial charge in [0.15, 0.2) is 0 Å². The van der Waals surface area contributed by atoms with E-state index in [1.54, 1.807) is 18.2 Å². The van der Waals surface area contributed by atoms with Gasteiger partial charge in [0.05, 0.1) is 0 Å². The van der Waals surface area contributed by atoms with E-state index in [4.69, 9.17) is 5.73 Å². The molecule has 0 heterocycles. The van der Waals surface area contributed by atoms with Crippen molar-refractivity contribution in [3.8, 4) is 0 Å². The molecule has 0 radical (unpaired) electrons. The smallest absolute Gasteiger partial charge is 0.251 e. The molecule has 80 valence electrons. The van der Waals surface area contributed by atoms with Crippen molar-refractivity contribution in [3.63, 3.8) is 0 Å². The van der Waals surface area contributed by atoms with Crippen LogP contribution in [0.4, 0.5) is 0 Å². The largest absolute Gasteiger partial charge is 0.366 e. The first-order valence-electron chi connectivity index (χ1n) is 4.71. The highest BCUT2D eigenvalue weighted by molar-refractivity contribution is 5.99. The highest BCUT2D eigenvalue weighted by atomic mass is 16.2. The van der Waals surface area contributed by atoms with E-state index < -0.39 is 5.91 Å². The number of hydrogen-bond acceptors (Lipinski definition) is 2. The minimum Gasteiger partial charge on any atom is -0.366 e. The normalized spacial score (nSPS) is 10.1. The second kappa shape index (κ2) is 4.59. The summed E-state index contributed by atoms with van der Waals surface area (Å²) in [6.07, 6.45) is 0. The van der Waals surface area contributed by atoms with Gasteiger partial charge in [0.2, 0.25) is 5.91 Å². The van der Waals surface area contributed by atoms with Crippen LogP contribution < -0.4 is 11.1 Å². The summed E-state index contributed by atoms with van der Waals surface area (Å²) in [4.78, 5) is 22.5. The molecule has 0 saturated heterocycles. The maximum atomic E-state index is 11.6. The average molecular weight is 206 g/mol. The zero-order valence-corrected chi connectivity index (χ0v) is 8.78. The lowest BCUT2D eigenvalue weighted by Crippen LogP contribution is -2.30. The van der Waals surface area contributed by atoms with Crippen LogP contribution in [0.5, 0.6) is 0 Å². The van der Waals surface area contributed by atoms with Gasteiger partial charge in [0.1, 0.15) is 0 Å². The summed E-state index contributed by atoms with van der Waals surface area (Å²) in [5.41, 5.74) is 5.90. The van der Waals surface area contributed by atoms with Crippen molar-refractivity contribution in [1.82, 2.24) is 5.32 Å². The quantitative estimate of drug-likeness (QED) is 0.772. The summed E-state index contributed by atoms with van der Waals surface area (Å²) < 4.78 is 0. The molecule has 0 aliphatic rings. The van der Waals surface area contributed by atoms with Crippen LogP contribution in [0, 0.1) is 0 Å². The van der Waals surface area contributed by atoms with Crippen molar-refractivity contribution in [2.45, 2.75) is 19.9 Å². The monoisotopic (exact) mass is 206 g/mol. The third-order valence-electron chi connectivity index (χ3n) is 1.83. The molecule has 0 aliphatic heterocycles. The SMILES string of the molecule is CC(C)NC(=O)c1cccc(C(N)=O)c1. The van der Waals surface area contributed by atoms with Crippen molar-refractivity contribution in [2.75, 3.05) is 0 Å². The second-order valence-corrected chi connectivity index (χ2v) is 3.57. The average Bonchev–Trinajstić information content (AvgIpc) is 2.17. The molecule has 0 spiro atoms. The molecule has 0 atom stereocenters. The highest BCUT2D eigenvalue weighted by Crippen LogP contribution is 2.04. The van der Waals surface area contributed by atoms with Crippen molar-refractivity contribution in [2.24, 2.45) is 5.73 Å². The standard InChI is InChI=1S/C11H14N2O2/c1-7(2)13-11(15)9-5-3-4-8(6-9)10(12)14/h3-7H,1-2H3,(H2,12,14)(H,13,15). The molecule has 0 aromatic heterocycles. The Labute approximate surface area is 88.5 Å². The molecular formula is C11H14N2O2. The van der Waals surface area contributed by atoms with E-state index in [1.807, 2.05) is 13.8 Å². The van der Waals surface area contributed by atoms with Gasteiger partial charge in [-0.1, -0.05) is 6.07 Å². The Balaban J connectivity index is 2.90.